The van der Waals surface area contributed by atoms with Crippen molar-refractivity contribution in [2.75, 3.05) is 12.0 Å². The predicted octanol–water partition coefficient (Wildman–Crippen LogP) is 3.55. The molecule has 1 atom stereocenters. The Morgan fingerprint density at radius 1 is 1.64 bits per heavy atom. The first-order valence-electron chi connectivity index (χ1n) is 4.00. The maximum atomic E-state index is 5.92. The summed E-state index contributed by atoms with van der Waals surface area (Å²) in [5, 5.41) is 0.844. The summed E-state index contributed by atoms with van der Waals surface area (Å²) in [4.78, 5) is 4.32. The number of aromatic nitrogens is 2. The van der Waals surface area contributed by atoms with E-state index in [2.05, 4.69) is 9.36 Å². The zero-order valence-electron chi connectivity index (χ0n) is 7.37. The highest BCUT2D eigenvalue weighted by molar-refractivity contribution is 8.01. The highest BCUT2D eigenvalue weighted by atomic mass is 35.5. The highest BCUT2D eigenvalue weighted by Crippen LogP contribution is 2.54. The van der Waals surface area contributed by atoms with Crippen LogP contribution in [-0.4, -0.2) is 25.7 Å². The van der Waals surface area contributed by atoms with Crippen molar-refractivity contribution < 1.29 is 0 Å². The molecule has 0 spiro atoms. The summed E-state index contributed by atoms with van der Waals surface area (Å²) >= 11 is 16.5. The Hall–Kier alpha value is 0.840. The van der Waals surface area contributed by atoms with Crippen LogP contribution in [0.1, 0.15) is 6.42 Å². The molecule has 1 fully saturated rings. The molecule has 1 aliphatic rings. The van der Waals surface area contributed by atoms with Gasteiger partial charge in [-0.2, -0.15) is 4.37 Å². The van der Waals surface area contributed by atoms with E-state index >= 15 is 0 Å². The van der Waals surface area contributed by atoms with E-state index in [-0.39, 0.29) is 0 Å². The van der Waals surface area contributed by atoms with Crippen LogP contribution in [0.25, 0.3) is 0 Å². The molecule has 1 aromatic rings. The fourth-order valence-corrected chi connectivity index (χ4v) is 4.13. The van der Waals surface area contributed by atoms with Crippen LogP contribution in [0.15, 0.2) is 9.50 Å². The molecule has 7 heteroatoms. The fourth-order valence-electron chi connectivity index (χ4n) is 0.961. The average Bonchev–Trinajstić information content (AvgIpc) is 2.62. The van der Waals surface area contributed by atoms with Crippen LogP contribution in [-0.2, 0) is 0 Å². The number of halogens is 2. The first-order valence-corrected chi connectivity index (χ1v) is 7.74. The van der Waals surface area contributed by atoms with Gasteiger partial charge in [-0.3, -0.25) is 0 Å². The summed E-state index contributed by atoms with van der Waals surface area (Å²) in [6.45, 7) is 0. The van der Waals surface area contributed by atoms with Crippen molar-refractivity contribution in [3.63, 3.8) is 0 Å². The van der Waals surface area contributed by atoms with Crippen LogP contribution in [0.4, 0.5) is 0 Å². The Balaban J connectivity index is 1.81. The van der Waals surface area contributed by atoms with Gasteiger partial charge < -0.3 is 0 Å². The minimum Gasteiger partial charge on any atom is -0.203 e. The third-order valence-corrected chi connectivity index (χ3v) is 5.52. The van der Waals surface area contributed by atoms with E-state index in [4.69, 9.17) is 23.2 Å². The highest BCUT2D eigenvalue weighted by Gasteiger charge is 2.51. The predicted molar refractivity (Wildman–Crippen MR) is 65.0 cm³/mol. The zero-order valence-corrected chi connectivity index (χ0v) is 11.3. The quantitative estimate of drug-likeness (QED) is 0.625. The number of hydrogen-bond donors (Lipinski definition) is 0. The summed E-state index contributed by atoms with van der Waals surface area (Å²) < 4.78 is 4.71. The first kappa shape index (κ1) is 11.3. The SMILES string of the molecule is CSc1nsc(SC[C@@H]2CC2(Cl)Cl)n1. The molecular weight excluding hydrogens is 279 g/mol. The largest absolute Gasteiger partial charge is 0.203 e. The molecular formula is C7H8Cl2N2S3. The van der Waals surface area contributed by atoms with Crippen molar-refractivity contribution in [2.24, 2.45) is 5.92 Å². The number of hydrogen-bond acceptors (Lipinski definition) is 5. The first-order chi connectivity index (χ1) is 6.62. The summed E-state index contributed by atoms with van der Waals surface area (Å²) in [7, 11) is 0. The minimum absolute atomic E-state index is 0.414. The van der Waals surface area contributed by atoms with Crippen LogP contribution >= 0.6 is 58.3 Å². The van der Waals surface area contributed by atoms with Gasteiger partial charge in [0.1, 0.15) is 4.33 Å². The van der Waals surface area contributed by atoms with Crippen LogP contribution in [0, 0.1) is 5.92 Å². The molecule has 0 bridgehead atoms. The van der Waals surface area contributed by atoms with E-state index < -0.39 is 4.33 Å². The minimum atomic E-state index is -0.472. The lowest BCUT2D eigenvalue weighted by Gasteiger charge is -1.96. The lowest BCUT2D eigenvalue weighted by Crippen LogP contribution is -1.92. The standard InChI is InChI=1S/C7H8Cl2N2S3/c1-12-5-10-6(14-11-5)13-3-4-2-7(4,8)9/h4H,2-3H2,1H3/t4-/m0/s1. The van der Waals surface area contributed by atoms with Gasteiger partial charge in [0.2, 0.25) is 5.16 Å². The Morgan fingerprint density at radius 3 is 2.86 bits per heavy atom. The number of thioether (sulfide) groups is 2. The summed E-state index contributed by atoms with van der Waals surface area (Å²) in [5.41, 5.74) is 0. The van der Waals surface area contributed by atoms with Gasteiger partial charge in [-0.25, -0.2) is 4.98 Å². The lowest BCUT2D eigenvalue weighted by atomic mass is 10.5. The zero-order chi connectivity index (χ0) is 10.2. The van der Waals surface area contributed by atoms with E-state index in [9.17, 15) is 0 Å². The molecule has 78 valence electrons. The molecule has 0 radical (unpaired) electrons. The van der Waals surface area contributed by atoms with Crippen molar-refractivity contribution in [3.05, 3.63) is 0 Å². The molecule has 0 aliphatic heterocycles. The second-order valence-corrected chi connectivity index (χ2v) is 7.35. The summed E-state index contributed by atoms with van der Waals surface area (Å²) in [5.74, 6) is 1.35. The van der Waals surface area contributed by atoms with Crippen molar-refractivity contribution in [1.29, 1.82) is 0 Å². The second kappa shape index (κ2) is 4.37. The normalized spacial score (nSPS) is 23.8. The molecule has 1 aliphatic carbocycles. The van der Waals surface area contributed by atoms with Gasteiger partial charge in [0.05, 0.1) is 0 Å². The molecule has 14 heavy (non-hydrogen) atoms. The van der Waals surface area contributed by atoms with Gasteiger partial charge in [0, 0.05) is 11.7 Å². The van der Waals surface area contributed by atoms with Crippen molar-refractivity contribution in [3.8, 4) is 0 Å². The van der Waals surface area contributed by atoms with Gasteiger partial charge in [0.25, 0.3) is 0 Å². The Bertz CT molecular complexity index is 328. The maximum absolute atomic E-state index is 5.92. The van der Waals surface area contributed by atoms with Crippen LogP contribution in [0.2, 0.25) is 0 Å². The summed E-state index contributed by atoms with van der Waals surface area (Å²) in [6.07, 6.45) is 2.87. The van der Waals surface area contributed by atoms with Gasteiger partial charge in [-0.1, -0.05) is 23.5 Å². The van der Waals surface area contributed by atoms with Crippen LogP contribution in [0.3, 0.4) is 0 Å². The monoisotopic (exact) mass is 286 g/mol. The van der Waals surface area contributed by atoms with Gasteiger partial charge in [-0.15, -0.1) is 23.2 Å². The van der Waals surface area contributed by atoms with E-state index in [1.54, 1.807) is 23.5 Å². The smallest absolute Gasteiger partial charge is 0.200 e. The molecule has 2 rings (SSSR count). The van der Waals surface area contributed by atoms with Gasteiger partial charge >= 0.3 is 0 Å². The third-order valence-electron chi connectivity index (χ3n) is 1.94. The lowest BCUT2D eigenvalue weighted by molar-refractivity contribution is 0.971. The van der Waals surface area contributed by atoms with E-state index in [0.29, 0.717) is 5.92 Å². The summed E-state index contributed by atoms with van der Waals surface area (Å²) in [6, 6.07) is 0. The topological polar surface area (TPSA) is 25.8 Å². The maximum Gasteiger partial charge on any atom is 0.200 e. The number of rotatable bonds is 4. The molecule has 0 saturated heterocycles. The van der Waals surface area contributed by atoms with Crippen LogP contribution < -0.4 is 0 Å². The molecule has 1 aromatic heterocycles. The third kappa shape index (κ3) is 2.70. The number of alkyl halides is 2. The van der Waals surface area contributed by atoms with E-state index in [0.717, 1.165) is 21.7 Å². The molecule has 0 amide bonds. The Labute approximate surface area is 105 Å². The van der Waals surface area contributed by atoms with E-state index in [1.165, 1.54) is 11.5 Å². The fraction of sp³-hybridized carbons (Fsp3) is 0.714. The molecule has 1 saturated carbocycles. The molecule has 0 aromatic carbocycles. The van der Waals surface area contributed by atoms with Gasteiger partial charge in [0.15, 0.2) is 4.34 Å². The van der Waals surface area contributed by atoms with Crippen molar-refractivity contribution in [2.45, 2.75) is 20.3 Å². The van der Waals surface area contributed by atoms with E-state index in [1.807, 2.05) is 6.26 Å². The van der Waals surface area contributed by atoms with Crippen molar-refractivity contribution >= 4 is 58.3 Å². The number of nitrogens with zero attached hydrogens (tertiary/aromatic N) is 2. The molecule has 0 unspecified atom stereocenters. The average molecular weight is 287 g/mol. The van der Waals surface area contributed by atoms with Crippen LogP contribution in [0.5, 0.6) is 0 Å². The van der Waals surface area contributed by atoms with Crippen molar-refractivity contribution in [1.82, 2.24) is 9.36 Å². The molecule has 2 nitrogen and oxygen atoms in total. The molecule has 0 N–H and O–H groups in total. The molecule has 1 heterocycles. The second-order valence-electron chi connectivity index (χ2n) is 3.02. The Morgan fingerprint density at radius 2 is 2.36 bits per heavy atom. The van der Waals surface area contributed by atoms with Gasteiger partial charge in [-0.05, 0) is 24.2 Å². The Kier molecular flexibility index (Phi) is 3.54.